The summed E-state index contributed by atoms with van der Waals surface area (Å²) in [6, 6.07) is 7.33. The molecule has 0 fully saturated rings. The molecule has 0 amide bonds. The van der Waals surface area contributed by atoms with Gasteiger partial charge in [0.1, 0.15) is 9.84 Å². The largest absolute Gasteiger partial charge is 0.327 e. The highest BCUT2D eigenvalue weighted by Gasteiger charge is 2.11. The highest BCUT2D eigenvalue weighted by Crippen LogP contribution is 2.13. The maximum absolute atomic E-state index is 11.3. The van der Waals surface area contributed by atoms with Crippen molar-refractivity contribution in [2.45, 2.75) is 25.8 Å². The number of hydrogen-bond donors (Lipinski definition) is 1. The third-order valence-electron chi connectivity index (χ3n) is 2.63. The van der Waals surface area contributed by atoms with E-state index < -0.39 is 9.84 Å². The molecule has 0 aliphatic carbocycles. The lowest BCUT2D eigenvalue weighted by Crippen LogP contribution is -2.26. The molecule has 0 saturated heterocycles. The Morgan fingerprint density at radius 1 is 1.41 bits per heavy atom. The average Bonchev–Trinajstić information content (AvgIpc) is 2.27. The molecule has 17 heavy (non-hydrogen) atoms. The van der Waals surface area contributed by atoms with E-state index in [0.29, 0.717) is 17.9 Å². The van der Waals surface area contributed by atoms with E-state index >= 15 is 0 Å². The van der Waals surface area contributed by atoms with E-state index in [4.69, 9.17) is 17.3 Å². The topological polar surface area (TPSA) is 60.2 Å². The van der Waals surface area contributed by atoms with Gasteiger partial charge in [-0.3, -0.25) is 0 Å². The van der Waals surface area contributed by atoms with Crippen LogP contribution in [-0.4, -0.2) is 26.0 Å². The van der Waals surface area contributed by atoms with Gasteiger partial charge in [0.05, 0.1) is 5.75 Å². The van der Waals surface area contributed by atoms with Gasteiger partial charge in [-0.25, -0.2) is 8.42 Å². The molecule has 0 aliphatic heterocycles. The molecule has 0 heterocycles. The molecule has 1 unspecified atom stereocenters. The highest BCUT2D eigenvalue weighted by molar-refractivity contribution is 7.91. The molecule has 96 valence electrons. The molecule has 0 bridgehead atoms. The molecular weight excluding hydrogens is 258 g/mol. The van der Waals surface area contributed by atoms with Crippen LogP contribution in [0.2, 0.25) is 5.02 Å². The van der Waals surface area contributed by atoms with E-state index in [1.54, 1.807) is 13.0 Å². The van der Waals surface area contributed by atoms with Crippen molar-refractivity contribution >= 4 is 21.4 Å². The second-order valence-electron chi connectivity index (χ2n) is 4.12. The summed E-state index contributed by atoms with van der Waals surface area (Å²) in [7, 11) is -2.92. The van der Waals surface area contributed by atoms with Crippen molar-refractivity contribution in [3.63, 3.8) is 0 Å². The van der Waals surface area contributed by atoms with Crippen LogP contribution in [0.5, 0.6) is 0 Å². The fourth-order valence-corrected chi connectivity index (χ4v) is 2.71. The number of halogens is 1. The van der Waals surface area contributed by atoms with Crippen molar-refractivity contribution < 1.29 is 8.42 Å². The molecule has 1 atom stereocenters. The molecule has 3 nitrogen and oxygen atoms in total. The van der Waals surface area contributed by atoms with Crippen LogP contribution in [-0.2, 0) is 16.3 Å². The average molecular weight is 276 g/mol. The SMILES string of the molecule is CCS(=O)(=O)CCC(N)Cc1cccc(Cl)c1. The van der Waals surface area contributed by atoms with E-state index in [1.807, 2.05) is 18.2 Å². The van der Waals surface area contributed by atoms with Crippen molar-refractivity contribution in [3.05, 3.63) is 34.9 Å². The summed E-state index contributed by atoms with van der Waals surface area (Å²) < 4.78 is 22.7. The lowest BCUT2D eigenvalue weighted by atomic mass is 10.1. The van der Waals surface area contributed by atoms with Crippen LogP contribution in [0.15, 0.2) is 24.3 Å². The lowest BCUT2D eigenvalue weighted by molar-refractivity contribution is 0.581. The monoisotopic (exact) mass is 275 g/mol. The quantitative estimate of drug-likeness (QED) is 0.864. The maximum atomic E-state index is 11.3. The van der Waals surface area contributed by atoms with Gasteiger partial charge in [0.15, 0.2) is 0 Å². The summed E-state index contributed by atoms with van der Waals surface area (Å²) >= 11 is 5.86. The van der Waals surface area contributed by atoms with Gasteiger partial charge in [0.25, 0.3) is 0 Å². The summed E-state index contributed by atoms with van der Waals surface area (Å²) in [4.78, 5) is 0. The van der Waals surface area contributed by atoms with Gasteiger partial charge in [0.2, 0.25) is 0 Å². The summed E-state index contributed by atoms with van der Waals surface area (Å²) in [6.45, 7) is 1.65. The van der Waals surface area contributed by atoms with Gasteiger partial charge in [-0.1, -0.05) is 30.7 Å². The van der Waals surface area contributed by atoms with Crippen LogP contribution in [0.1, 0.15) is 18.9 Å². The molecule has 1 aromatic carbocycles. The van der Waals surface area contributed by atoms with Crippen molar-refractivity contribution in [2.75, 3.05) is 11.5 Å². The Balaban J connectivity index is 2.48. The predicted octanol–water partition coefficient (Wildman–Crippen LogP) is 2.03. The molecule has 1 rings (SSSR count). The Hall–Kier alpha value is -0.580. The maximum Gasteiger partial charge on any atom is 0.150 e. The third-order valence-corrected chi connectivity index (χ3v) is 4.60. The number of sulfone groups is 1. The minimum atomic E-state index is -2.92. The first-order valence-electron chi connectivity index (χ1n) is 5.63. The van der Waals surface area contributed by atoms with E-state index in [0.717, 1.165) is 5.56 Å². The minimum absolute atomic E-state index is 0.144. The van der Waals surface area contributed by atoms with Gasteiger partial charge in [-0.2, -0.15) is 0 Å². The van der Waals surface area contributed by atoms with Gasteiger partial charge < -0.3 is 5.73 Å². The van der Waals surface area contributed by atoms with Crippen LogP contribution in [0.4, 0.5) is 0 Å². The molecule has 2 N–H and O–H groups in total. The zero-order valence-corrected chi connectivity index (χ0v) is 11.5. The summed E-state index contributed by atoms with van der Waals surface area (Å²) in [5, 5.41) is 0.677. The van der Waals surface area contributed by atoms with E-state index in [9.17, 15) is 8.42 Å². The number of rotatable bonds is 6. The lowest BCUT2D eigenvalue weighted by Gasteiger charge is -2.11. The van der Waals surface area contributed by atoms with Crippen LogP contribution in [0, 0.1) is 0 Å². The molecule has 1 aromatic rings. The first-order valence-corrected chi connectivity index (χ1v) is 7.83. The van der Waals surface area contributed by atoms with Gasteiger partial charge in [-0.05, 0) is 30.5 Å². The standard InChI is InChI=1S/C12H18ClNO2S/c1-2-17(15,16)7-6-12(14)9-10-4-3-5-11(13)8-10/h3-5,8,12H,2,6-7,9,14H2,1H3. The number of hydrogen-bond acceptors (Lipinski definition) is 3. The van der Waals surface area contributed by atoms with Crippen LogP contribution < -0.4 is 5.73 Å². The molecule has 0 aromatic heterocycles. The van der Waals surface area contributed by atoms with Gasteiger partial charge in [0, 0.05) is 16.8 Å². The summed E-state index contributed by atoms with van der Waals surface area (Å²) in [5.74, 6) is 0.335. The minimum Gasteiger partial charge on any atom is -0.327 e. The van der Waals surface area contributed by atoms with Crippen molar-refractivity contribution in [1.82, 2.24) is 0 Å². The zero-order valence-electron chi connectivity index (χ0n) is 9.90. The Morgan fingerprint density at radius 2 is 2.12 bits per heavy atom. The molecule has 0 spiro atoms. The Bertz CT molecular complexity index is 459. The molecule has 0 saturated carbocycles. The van der Waals surface area contributed by atoms with E-state index in [1.165, 1.54) is 0 Å². The zero-order chi connectivity index (χ0) is 12.9. The van der Waals surface area contributed by atoms with Crippen LogP contribution in [0.25, 0.3) is 0 Å². The molecule has 0 radical (unpaired) electrons. The van der Waals surface area contributed by atoms with Crippen molar-refractivity contribution in [1.29, 1.82) is 0 Å². The van der Waals surface area contributed by atoms with Crippen LogP contribution >= 0.6 is 11.6 Å². The predicted molar refractivity (Wildman–Crippen MR) is 72.1 cm³/mol. The Labute approximate surface area is 108 Å². The second kappa shape index (κ2) is 6.38. The smallest absolute Gasteiger partial charge is 0.150 e. The molecule has 5 heteroatoms. The van der Waals surface area contributed by atoms with Gasteiger partial charge >= 0.3 is 0 Å². The first kappa shape index (κ1) is 14.5. The Morgan fingerprint density at radius 3 is 2.71 bits per heavy atom. The van der Waals surface area contributed by atoms with E-state index in [2.05, 4.69) is 0 Å². The second-order valence-corrected chi connectivity index (χ2v) is 7.03. The summed E-state index contributed by atoms with van der Waals surface area (Å²) in [5.41, 5.74) is 6.95. The normalized spacial score (nSPS) is 13.6. The third kappa shape index (κ3) is 5.52. The number of benzene rings is 1. The molecule has 0 aliphatic rings. The first-order chi connectivity index (χ1) is 7.93. The highest BCUT2D eigenvalue weighted by atomic mass is 35.5. The Kier molecular flexibility index (Phi) is 5.43. The van der Waals surface area contributed by atoms with Crippen molar-refractivity contribution in [2.24, 2.45) is 5.73 Å². The van der Waals surface area contributed by atoms with Crippen molar-refractivity contribution in [3.8, 4) is 0 Å². The van der Waals surface area contributed by atoms with E-state index in [-0.39, 0.29) is 17.5 Å². The van der Waals surface area contributed by atoms with Gasteiger partial charge in [-0.15, -0.1) is 0 Å². The molecular formula is C12H18ClNO2S. The fourth-order valence-electron chi connectivity index (χ4n) is 1.54. The fraction of sp³-hybridized carbons (Fsp3) is 0.500. The van der Waals surface area contributed by atoms with Crippen LogP contribution in [0.3, 0.4) is 0 Å². The number of nitrogens with two attached hydrogens (primary N) is 1. The summed E-state index contributed by atoms with van der Waals surface area (Å²) in [6.07, 6.45) is 1.14.